The van der Waals surface area contributed by atoms with Crippen LogP contribution < -0.4 is 4.74 Å². The van der Waals surface area contributed by atoms with E-state index in [1.165, 1.54) is 0 Å². The molecule has 0 radical (unpaired) electrons. The van der Waals surface area contributed by atoms with Gasteiger partial charge in [-0.2, -0.15) is 0 Å². The minimum Gasteiger partial charge on any atom is -0.508 e. The van der Waals surface area contributed by atoms with Crippen LogP contribution in [0, 0.1) is 0 Å². The molecule has 3 nitrogen and oxygen atoms in total. The quantitative estimate of drug-likeness (QED) is 0.868. The highest BCUT2D eigenvalue weighted by Crippen LogP contribution is 2.36. The molecule has 1 unspecified atom stereocenters. The van der Waals surface area contributed by atoms with Crippen molar-refractivity contribution in [2.75, 3.05) is 0 Å². The molecule has 4 heteroatoms. The van der Waals surface area contributed by atoms with Crippen LogP contribution in [-0.2, 0) is 0 Å². The van der Waals surface area contributed by atoms with Gasteiger partial charge in [0.1, 0.15) is 17.6 Å². The first-order valence-electron chi connectivity index (χ1n) is 5.92. The summed E-state index contributed by atoms with van der Waals surface area (Å²) < 4.78 is 6.73. The maximum absolute atomic E-state index is 12.1. The van der Waals surface area contributed by atoms with Crippen molar-refractivity contribution in [1.82, 2.24) is 0 Å². The topological polar surface area (TPSA) is 46.5 Å². The van der Waals surface area contributed by atoms with Gasteiger partial charge in [0.2, 0.25) is 0 Å². The van der Waals surface area contributed by atoms with Crippen LogP contribution in [0.1, 0.15) is 28.4 Å². The number of ketones is 1. The molecule has 3 rings (SSSR count). The highest BCUT2D eigenvalue weighted by molar-refractivity contribution is 9.10. The Bertz CT molecular complexity index is 634. The van der Waals surface area contributed by atoms with Gasteiger partial charge in [-0.15, -0.1) is 0 Å². The Morgan fingerprint density at radius 2 is 1.89 bits per heavy atom. The molecule has 1 atom stereocenters. The molecule has 19 heavy (non-hydrogen) atoms. The smallest absolute Gasteiger partial charge is 0.170 e. The Kier molecular flexibility index (Phi) is 3.03. The minimum atomic E-state index is -0.290. The van der Waals surface area contributed by atoms with Gasteiger partial charge in [0.15, 0.2) is 5.78 Å². The van der Waals surface area contributed by atoms with Gasteiger partial charge in [-0.1, -0.05) is 28.1 Å². The Balaban J connectivity index is 1.95. The lowest BCUT2D eigenvalue weighted by Gasteiger charge is -2.25. The van der Waals surface area contributed by atoms with Crippen LogP contribution in [-0.4, -0.2) is 10.9 Å². The maximum Gasteiger partial charge on any atom is 0.170 e. The summed E-state index contributed by atoms with van der Waals surface area (Å²) in [6, 6.07) is 12.2. The standard InChI is InChI=1S/C15H11BrO3/c16-10-3-6-14-12(7-10)13(18)8-15(19-14)9-1-4-11(17)5-2-9/h1-7,15,17H,8H2. The fourth-order valence-corrected chi connectivity index (χ4v) is 2.53. The summed E-state index contributed by atoms with van der Waals surface area (Å²) in [4.78, 5) is 12.1. The number of aromatic hydroxyl groups is 1. The molecule has 1 aliphatic rings. The van der Waals surface area contributed by atoms with E-state index in [0.29, 0.717) is 17.7 Å². The van der Waals surface area contributed by atoms with Crippen LogP contribution in [0.2, 0.25) is 0 Å². The SMILES string of the molecule is O=C1CC(c2ccc(O)cc2)Oc2ccc(Br)cc21. The number of benzene rings is 2. The first kappa shape index (κ1) is 12.2. The zero-order valence-corrected chi connectivity index (χ0v) is 11.6. The van der Waals surface area contributed by atoms with Gasteiger partial charge in [-0.05, 0) is 35.9 Å². The van der Waals surface area contributed by atoms with Crippen molar-refractivity contribution >= 4 is 21.7 Å². The number of ether oxygens (including phenoxy) is 1. The summed E-state index contributed by atoms with van der Waals surface area (Å²) >= 11 is 3.35. The zero-order chi connectivity index (χ0) is 13.4. The molecule has 1 N–H and O–H groups in total. The molecule has 0 spiro atoms. The van der Waals surface area contributed by atoms with Gasteiger partial charge in [-0.3, -0.25) is 4.79 Å². The Hall–Kier alpha value is -1.81. The number of Topliss-reactive ketones (excluding diaryl/α,β-unsaturated/α-hetero) is 1. The number of phenolic OH excluding ortho intramolecular Hbond substituents is 1. The van der Waals surface area contributed by atoms with E-state index in [0.717, 1.165) is 10.0 Å². The Labute approximate surface area is 119 Å². The van der Waals surface area contributed by atoms with Crippen molar-refractivity contribution in [3.8, 4) is 11.5 Å². The molecule has 0 aliphatic carbocycles. The summed E-state index contributed by atoms with van der Waals surface area (Å²) in [5, 5.41) is 9.28. The Morgan fingerprint density at radius 1 is 1.16 bits per heavy atom. The minimum absolute atomic E-state index is 0.0700. The second-order valence-corrected chi connectivity index (χ2v) is 5.38. The lowest BCUT2D eigenvalue weighted by molar-refractivity contribution is 0.0850. The van der Waals surface area contributed by atoms with Gasteiger partial charge in [0.05, 0.1) is 12.0 Å². The molecule has 0 bridgehead atoms. The van der Waals surface area contributed by atoms with E-state index in [4.69, 9.17) is 4.74 Å². The number of carbonyl (C=O) groups is 1. The fourth-order valence-electron chi connectivity index (χ4n) is 2.17. The number of hydrogen-bond acceptors (Lipinski definition) is 3. The third kappa shape index (κ3) is 2.36. The molecule has 2 aromatic rings. The first-order chi connectivity index (χ1) is 9.13. The lowest BCUT2D eigenvalue weighted by atomic mass is 9.96. The number of rotatable bonds is 1. The Morgan fingerprint density at radius 3 is 2.63 bits per heavy atom. The van der Waals surface area contributed by atoms with Gasteiger partial charge >= 0.3 is 0 Å². The molecule has 0 aromatic heterocycles. The molecule has 0 saturated heterocycles. The van der Waals surface area contributed by atoms with E-state index < -0.39 is 0 Å². The molecule has 1 aliphatic heterocycles. The number of hydrogen-bond donors (Lipinski definition) is 1. The van der Waals surface area contributed by atoms with E-state index >= 15 is 0 Å². The second-order valence-electron chi connectivity index (χ2n) is 4.47. The predicted molar refractivity (Wildman–Crippen MR) is 74.6 cm³/mol. The predicted octanol–water partition coefficient (Wildman–Crippen LogP) is 3.86. The highest BCUT2D eigenvalue weighted by Gasteiger charge is 2.27. The lowest BCUT2D eigenvalue weighted by Crippen LogP contribution is -2.20. The summed E-state index contributed by atoms with van der Waals surface area (Å²) in [6.07, 6.45) is 0.0237. The molecule has 0 amide bonds. The van der Waals surface area contributed by atoms with Crippen LogP contribution in [0.15, 0.2) is 46.9 Å². The zero-order valence-electron chi connectivity index (χ0n) is 9.97. The molecular formula is C15H11BrO3. The van der Waals surface area contributed by atoms with E-state index in [-0.39, 0.29) is 17.6 Å². The average molecular weight is 319 g/mol. The molecule has 2 aromatic carbocycles. The van der Waals surface area contributed by atoms with Crippen molar-refractivity contribution in [2.45, 2.75) is 12.5 Å². The van der Waals surface area contributed by atoms with Crippen LogP contribution in [0.3, 0.4) is 0 Å². The number of phenols is 1. The third-order valence-corrected chi connectivity index (χ3v) is 3.64. The molecule has 0 saturated carbocycles. The van der Waals surface area contributed by atoms with Crippen molar-refractivity contribution in [2.24, 2.45) is 0 Å². The molecule has 96 valence electrons. The third-order valence-electron chi connectivity index (χ3n) is 3.15. The first-order valence-corrected chi connectivity index (χ1v) is 6.71. The van der Waals surface area contributed by atoms with Crippen LogP contribution in [0.5, 0.6) is 11.5 Å². The summed E-state index contributed by atoms with van der Waals surface area (Å²) in [5.41, 5.74) is 1.50. The van der Waals surface area contributed by atoms with E-state index in [1.807, 2.05) is 6.07 Å². The van der Waals surface area contributed by atoms with Crippen LogP contribution >= 0.6 is 15.9 Å². The summed E-state index contributed by atoms with van der Waals surface area (Å²) in [7, 11) is 0. The van der Waals surface area contributed by atoms with E-state index in [1.54, 1.807) is 36.4 Å². The second kappa shape index (κ2) is 4.70. The van der Waals surface area contributed by atoms with Crippen molar-refractivity contribution in [3.63, 3.8) is 0 Å². The van der Waals surface area contributed by atoms with Gasteiger partial charge in [0, 0.05) is 4.47 Å². The normalized spacial score (nSPS) is 17.7. The summed E-state index contributed by atoms with van der Waals surface area (Å²) in [5.74, 6) is 0.883. The largest absolute Gasteiger partial charge is 0.508 e. The van der Waals surface area contributed by atoms with Crippen molar-refractivity contribution < 1.29 is 14.6 Å². The number of fused-ring (bicyclic) bond motifs is 1. The monoisotopic (exact) mass is 318 g/mol. The van der Waals surface area contributed by atoms with Gasteiger partial charge in [0.25, 0.3) is 0 Å². The fraction of sp³-hybridized carbons (Fsp3) is 0.133. The molecular weight excluding hydrogens is 308 g/mol. The number of carbonyl (C=O) groups excluding carboxylic acids is 1. The number of halogens is 1. The van der Waals surface area contributed by atoms with Crippen molar-refractivity contribution in [1.29, 1.82) is 0 Å². The highest BCUT2D eigenvalue weighted by atomic mass is 79.9. The summed E-state index contributed by atoms with van der Waals surface area (Å²) in [6.45, 7) is 0. The average Bonchev–Trinajstić information content (AvgIpc) is 2.40. The van der Waals surface area contributed by atoms with Crippen LogP contribution in [0.4, 0.5) is 0 Å². The van der Waals surface area contributed by atoms with Crippen molar-refractivity contribution in [3.05, 3.63) is 58.1 Å². The molecule has 0 fully saturated rings. The van der Waals surface area contributed by atoms with E-state index in [2.05, 4.69) is 15.9 Å². The molecule has 1 heterocycles. The van der Waals surface area contributed by atoms with E-state index in [9.17, 15) is 9.90 Å². The maximum atomic E-state index is 12.1. The van der Waals surface area contributed by atoms with Crippen LogP contribution in [0.25, 0.3) is 0 Å². The van der Waals surface area contributed by atoms with Gasteiger partial charge < -0.3 is 9.84 Å². The van der Waals surface area contributed by atoms with Gasteiger partial charge in [-0.25, -0.2) is 0 Å².